The van der Waals surface area contributed by atoms with Gasteiger partial charge in [-0.3, -0.25) is 4.99 Å². The molecule has 0 saturated heterocycles. The van der Waals surface area contributed by atoms with E-state index in [1.165, 1.54) is 14.2 Å². The number of phenolic OH excluding ortho intramolecular Hbond substituents is 1. The smallest absolute Gasteiger partial charge is 0.201 e. The third-order valence-corrected chi connectivity index (χ3v) is 2.98. The lowest BCUT2D eigenvalue weighted by Crippen LogP contribution is -1.94. The molecule has 0 aliphatic carbocycles. The third kappa shape index (κ3) is 3.03. The third-order valence-electron chi connectivity index (χ3n) is 2.73. The van der Waals surface area contributed by atoms with Gasteiger partial charge in [-0.1, -0.05) is 11.6 Å². The number of aliphatic imine (C=N–C) groups is 1. The average molecular weight is 292 g/mol. The van der Waals surface area contributed by atoms with Crippen molar-refractivity contribution in [3.05, 3.63) is 47.0 Å². The van der Waals surface area contributed by atoms with Gasteiger partial charge in [0, 0.05) is 16.8 Å². The lowest BCUT2D eigenvalue weighted by Gasteiger charge is -2.10. The number of benzene rings is 2. The van der Waals surface area contributed by atoms with Crippen molar-refractivity contribution >= 4 is 23.5 Å². The Balaban J connectivity index is 2.33. The molecular formula is C15H14ClNO3. The minimum absolute atomic E-state index is 0.0462. The predicted octanol–water partition coefficient (Wildman–Crippen LogP) is 3.81. The van der Waals surface area contributed by atoms with E-state index in [0.717, 1.165) is 5.69 Å². The van der Waals surface area contributed by atoms with Crippen LogP contribution in [0.4, 0.5) is 5.69 Å². The molecule has 1 N–H and O–H groups in total. The predicted molar refractivity (Wildman–Crippen MR) is 79.9 cm³/mol. The van der Waals surface area contributed by atoms with E-state index < -0.39 is 0 Å². The van der Waals surface area contributed by atoms with Crippen molar-refractivity contribution in [2.24, 2.45) is 4.99 Å². The first-order chi connectivity index (χ1) is 9.65. The maximum absolute atomic E-state index is 9.97. The highest BCUT2D eigenvalue weighted by Gasteiger charge is 2.12. The molecule has 0 atom stereocenters. The fourth-order valence-electron chi connectivity index (χ4n) is 1.72. The monoisotopic (exact) mass is 291 g/mol. The van der Waals surface area contributed by atoms with Crippen LogP contribution in [0, 0.1) is 0 Å². The van der Waals surface area contributed by atoms with Gasteiger partial charge >= 0.3 is 0 Å². The molecule has 4 nitrogen and oxygen atoms in total. The zero-order valence-corrected chi connectivity index (χ0v) is 11.9. The van der Waals surface area contributed by atoms with Crippen molar-refractivity contribution < 1.29 is 14.6 Å². The molecule has 0 aliphatic heterocycles. The topological polar surface area (TPSA) is 51.0 Å². The van der Waals surface area contributed by atoms with Gasteiger partial charge in [0.05, 0.1) is 19.9 Å². The summed E-state index contributed by atoms with van der Waals surface area (Å²) in [5, 5.41) is 10.6. The second-order valence-electron chi connectivity index (χ2n) is 3.97. The summed E-state index contributed by atoms with van der Waals surface area (Å²) in [6, 6.07) is 10.5. The second kappa shape index (κ2) is 6.30. The highest BCUT2D eigenvalue weighted by atomic mass is 35.5. The molecule has 0 heterocycles. The molecule has 0 amide bonds. The first kappa shape index (κ1) is 14.2. The number of halogens is 1. The largest absolute Gasteiger partial charge is 0.502 e. The fourth-order valence-corrected chi connectivity index (χ4v) is 1.85. The Kier molecular flexibility index (Phi) is 4.48. The lowest BCUT2D eigenvalue weighted by atomic mass is 10.2. The molecule has 0 aliphatic rings. The molecule has 0 bridgehead atoms. The van der Waals surface area contributed by atoms with E-state index in [4.69, 9.17) is 21.1 Å². The van der Waals surface area contributed by atoms with Crippen molar-refractivity contribution in [1.29, 1.82) is 0 Å². The molecule has 2 rings (SSSR count). The van der Waals surface area contributed by atoms with Crippen LogP contribution in [0.3, 0.4) is 0 Å². The Bertz CT molecular complexity index is 624. The summed E-state index contributed by atoms with van der Waals surface area (Å²) in [5.41, 5.74) is 1.41. The summed E-state index contributed by atoms with van der Waals surface area (Å²) >= 11 is 5.81. The summed E-state index contributed by atoms with van der Waals surface area (Å²) in [6.45, 7) is 0. The summed E-state index contributed by atoms with van der Waals surface area (Å²) in [5.74, 6) is 0.627. The number of nitrogens with zero attached hydrogens (tertiary/aromatic N) is 1. The van der Waals surface area contributed by atoms with Gasteiger partial charge in [0.1, 0.15) is 0 Å². The van der Waals surface area contributed by atoms with E-state index in [2.05, 4.69) is 4.99 Å². The van der Waals surface area contributed by atoms with E-state index in [-0.39, 0.29) is 5.75 Å². The minimum atomic E-state index is -0.0462. The van der Waals surface area contributed by atoms with Crippen LogP contribution in [0.15, 0.2) is 41.4 Å². The Morgan fingerprint density at radius 1 is 1.05 bits per heavy atom. The van der Waals surface area contributed by atoms with Crippen LogP contribution >= 0.6 is 11.6 Å². The molecule has 0 aromatic heterocycles. The molecule has 104 valence electrons. The van der Waals surface area contributed by atoms with Crippen molar-refractivity contribution in [2.45, 2.75) is 0 Å². The Morgan fingerprint density at radius 3 is 2.35 bits per heavy atom. The average Bonchev–Trinajstić information content (AvgIpc) is 2.47. The number of rotatable bonds is 4. The van der Waals surface area contributed by atoms with Crippen LogP contribution in [0.5, 0.6) is 17.2 Å². The molecule has 0 saturated carbocycles. The van der Waals surface area contributed by atoms with Gasteiger partial charge in [-0.05, 0) is 36.4 Å². The van der Waals surface area contributed by atoms with Gasteiger partial charge in [-0.25, -0.2) is 0 Å². The van der Waals surface area contributed by atoms with Crippen LogP contribution < -0.4 is 9.47 Å². The highest BCUT2D eigenvalue weighted by molar-refractivity contribution is 6.30. The lowest BCUT2D eigenvalue weighted by molar-refractivity contribution is 0.339. The Morgan fingerprint density at radius 2 is 1.75 bits per heavy atom. The number of phenols is 1. The molecule has 0 spiro atoms. The number of aromatic hydroxyl groups is 1. The van der Waals surface area contributed by atoms with Gasteiger partial charge < -0.3 is 14.6 Å². The quantitative estimate of drug-likeness (QED) is 0.871. The second-order valence-corrected chi connectivity index (χ2v) is 4.41. The van der Waals surface area contributed by atoms with Gasteiger partial charge in [-0.2, -0.15) is 0 Å². The number of hydrogen-bond acceptors (Lipinski definition) is 4. The summed E-state index contributed by atoms with van der Waals surface area (Å²) in [4.78, 5) is 4.31. The van der Waals surface area contributed by atoms with E-state index in [1.54, 1.807) is 42.6 Å². The van der Waals surface area contributed by atoms with E-state index in [1.807, 2.05) is 0 Å². The zero-order valence-electron chi connectivity index (χ0n) is 11.1. The zero-order chi connectivity index (χ0) is 14.5. The molecule has 2 aromatic carbocycles. The van der Waals surface area contributed by atoms with Gasteiger partial charge in [0.2, 0.25) is 5.75 Å². The van der Waals surface area contributed by atoms with E-state index in [0.29, 0.717) is 22.1 Å². The fraction of sp³-hybridized carbons (Fsp3) is 0.133. The van der Waals surface area contributed by atoms with Crippen LogP contribution in [0.25, 0.3) is 0 Å². The number of ether oxygens (including phenoxy) is 2. The van der Waals surface area contributed by atoms with Crippen molar-refractivity contribution in [3.63, 3.8) is 0 Å². The molecule has 0 fully saturated rings. The van der Waals surface area contributed by atoms with Gasteiger partial charge in [0.25, 0.3) is 0 Å². The maximum Gasteiger partial charge on any atom is 0.201 e. The maximum atomic E-state index is 9.97. The highest BCUT2D eigenvalue weighted by Crippen LogP contribution is 2.38. The Labute approximate surface area is 122 Å². The van der Waals surface area contributed by atoms with E-state index >= 15 is 0 Å². The van der Waals surface area contributed by atoms with Crippen LogP contribution in [0.2, 0.25) is 5.02 Å². The van der Waals surface area contributed by atoms with Crippen LogP contribution in [0.1, 0.15) is 5.56 Å². The molecule has 0 radical (unpaired) electrons. The molecule has 0 unspecified atom stereocenters. The first-order valence-electron chi connectivity index (χ1n) is 5.89. The van der Waals surface area contributed by atoms with Gasteiger partial charge in [0.15, 0.2) is 11.5 Å². The standard InChI is InChI=1S/C15H14ClNO3/c1-19-13-8-3-10(15(20-2)14(13)18)9-17-12-6-4-11(16)5-7-12/h3-9,18H,1-2H3. The SMILES string of the molecule is COc1ccc(C=Nc2ccc(Cl)cc2)c(OC)c1O. The molecule has 20 heavy (non-hydrogen) atoms. The normalized spacial score (nSPS) is 10.8. The van der Waals surface area contributed by atoms with Crippen molar-refractivity contribution in [3.8, 4) is 17.2 Å². The Hall–Kier alpha value is -2.20. The van der Waals surface area contributed by atoms with Gasteiger partial charge in [-0.15, -0.1) is 0 Å². The minimum Gasteiger partial charge on any atom is -0.502 e. The summed E-state index contributed by atoms with van der Waals surface area (Å²) in [6.07, 6.45) is 1.61. The molecular weight excluding hydrogens is 278 g/mol. The molecule has 5 heteroatoms. The first-order valence-corrected chi connectivity index (χ1v) is 6.27. The summed E-state index contributed by atoms with van der Waals surface area (Å²) < 4.78 is 10.2. The number of methoxy groups -OCH3 is 2. The van der Waals surface area contributed by atoms with Crippen LogP contribution in [-0.2, 0) is 0 Å². The van der Waals surface area contributed by atoms with Crippen molar-refractivity contribution in [2.75, 3.05) is 14.2 Å². The van der Waals surface area contributed by atoms with Crippen LogP contribution in [-0.4, -0.2) is 25.5 Å². The van der Waals surface area contributed by atoms with E-state index in [9.17, 15) is 5.11 Å². The molecule has 2 aromatic rings. The van der Waals surface area contributed by atoms with Crippen molar-refractivity contribution in [1.82, 2.24) is 0 Å². The number of hydrogen-bond donors (Lipinski definition) is 1. The summed E-state index contributed by atoms with van der Waals surface area (Å²) in [7, 11) is 2.96.